The minimum Gasteiger partial charge on any atom is -0.459 e. The minimum absolute atomic E-state index is 0.0290. The van der Waals surface area contributed by atoms with Crippen molar-refractivity contribution in [1.29, 1.82) is 0 Å². The fourth-order valence-electron chi connectivity index (χ4n) is 4.22. The SMILES string of the molecule is Cc1ccc(C(=O)OC[C@H]2O[C@@H](n3ccc4c(Cl)nc(N)nc43)C[C@@H]2OC(=O)c2ccc(C)cc2)cc1. The highest BCUT2D eigenvalue weighted by atomic mass is 35.5. The van der Waals surface area contributed by atoms with Gasteiger partial charge in [0.25, 0.3) is 0 Å². The summed E-state index contributed by atoms with van der Waals surface area (Å²) in [6.45, 7) is 3.77. The first-order chi connectivity index (χ1) is 17.8. The predicted octanol–water partition coefficient (Wildman–Crippen LogP) is 4.65. The summed E-state index contributed by atoms with van der Waals surface area (Å²) in [4.78, 5) is 33.8. The van der Waals surface area contributed by atoms with Crippen LogP contribution in [0, 0.1) is 13.8 Å². The molecule has 2 N–H and O–H groups in total. The van der Waals surface area contributed by atoms with Crippen LogP contribution < -0.4 is 5.73 Å². The van der Waals surface area contributed by atoms with Gasteiger partial charge in [0.15, 0.2) is 0 Å². The molecule has 3 atom stereocenters. The molecular weight excluding hydrogens is 496 g/mol. The third kappa shape index (κ3) is 5.28. The topological polar surface area (TPSA) is 119 Å². The zero-order valence-corrected chi connectivity index (χ0v) is 21.0. The van der Waals surface area contributed by atoms with Crippen molar-refractivity contribution in [2.45, 2.75) is 38.7 Å². The van der Waals surface area contributed by atoms with Crippen molar-refractivity contribution < 1.29 is 23.8 Å². The lowest BCUT2D eigenvalue weighted by molar-refractivity contribution is -0.0562. The fourth-order valence-corrected chi connectivity index (χ4v) is 4.45. The first kappa shape index (κ1) is 24.7. The van der Waals surface area contributed by atoms with E-state index < -0.39 is 30.4 Å². The zero-order chi connectivity index (χ0) is 26.1. The Kier molecular flexibility index (Phi) is 6.82. The number of anilines is 1. The molecule has 0 bridgehead atoms. The van der Waals surface area contributed by atoms with Gasteiger partial charge in [0, 0.05) is 12.6 Å². The van der Waals surface area contributed by atoms with Crippen molar-refractivity contribution in [2.24, 2.45) is 0 Å². The molecule has 1 saturated heterocycles. The Morgan fingerprint density at radius 1 is 1.00 bits per heavy atom. The summed E-state index contributed by atoms with van der Waals surface area (Å²) >= 11 is 6.23. The molecule has 3 heterocycles. The van der Waals surface area contributed by atoms with Crippen LogP contribution in [-0.4, -0.2) is 45.3 Å². The second-order valence-corrected chi connectivity index (χ2v) is 9.33. The van der Waals surface area contributed by atoms with E-state index in [1.165, 1.54) is 0 Å². The summed E-state index contributed by atoms with van der Waals surface area (Å²) in [5.74, 6) is -0.952. The number of nitrogen functional groups attached to an aromatic ring is 1. The summed E-state index contributed by atoms with van der Waals surface area (Å²) in [6, 6.07) is 15.9. The number of aryl methyl sites for hydroxylation is 2. The van der Waals surface area contributed by atoms with Crippen LogP contribution >= 0.6 is 11.6 Å². The molecule has 0 radical (unpaired) electrons. The molecule has 1 aliphatic heterocycles. The van der Waals surface area contributed by atoms with Gasteiger partial charge in [-0.1, -0.05) is 47.0 Å². The Morgan fingerprint density at radius 2 is 1.62 bits per heavy atom. The van der Waals surface area contributed by atoms with Crippen LogP contribution in [0.25, 0.3) is 11.0 Å². The lowest BCUT2D eigenvalue weighted by Crippen LogP contribution is -2.32. The molecule has 0 saturated carbocycles. The van der Waals surface area contributed by atoms with E-state index >= 15 is 0 Å². The van der Waals surface area contributed by atoms with Crippen LogP contribution in [0.1, 0.15) is 44.5 Å². The molecule has 4 aromatic rings. The quantitative estimate of drug-likeness (QED) is 0.288. The van der Waals surface area contributed by atoms with Crippen LogP contribution in [0.15, 0.2) is 60.8 Å². The van der Waals surface area contributed by atoms with Gasteiger partial charge in [-0.05, 0) is 44.2 Å². The summed E-state index contributed by atoms with van der Waals surface area (Å²) in [6.07, 6.45) is 0.101. The number of benzene rings is 2. The maximum absolute atomic E-state index is 12.9. The number of hydrogen-bond donors (Lipinski definition) is 1. The average molecular weight is 521 g/mol. The summed E-state index contributed by atoms with van der Waals surface area (Å²) in [5.41, 5.74) is 9.20. The summed E-state index contributed by atoms with van der Waals surface area (Å²) in [7, 11) is 0. The van der Waals surface area contributed by atoms with Crippen molar-refractivity contribution in [3.05, 3.63) is 88.2 Å². The van der Waals surface area contributed by atoms with Gasteiger partial charge in [0.05, 0.1) is 16.5 Å². The van der Waals surface area contributed by atoms with Crippen molar-refractivity contribution in [3.63, 3.8) is 0 Å². The normalized spacial score (nSPS) is 19.2. The number of fused-ring (bicyclic) bond motifs is 1. The number of halogens is 1. The second kappa shape index (κ2) is 10.2. The van der Waals surface area contributed by atoms with Crippen molar-refractivity contribution in [3.8, 4) is 0 Å². The van der Waals surface area contributed by atoms with Gasteiger partial charge in [-0.25, -0.2) is 14.6 Å². The molecule has 1 aliphatic rings. The molecule has 5 rings (SSSR count). The number of carbonyl (C=O) groups is 2. The summed E-state index contributed by atoms with van der Waals surface area (Å²) < 4.78 is 19.4. The Labute approximate surface area is 218 Å². The van der Waals surface area contributed by atoms with Crippen LogP contribution in [0.3, 0.4) is 0 Å². The number of hydrogen-bond acceptors (Lipinski definition) is 8. The molecular formula is C27H25ClN4O5. The predicted molar refractivity (Wildman–Crippen MR) is 137 cm³/mol. The molecule has 0 unspecified atom stereocenters. The maximum atomic E-state index is 12.9. The molecule has 0 aliphatic carbocycles. The molecule has 0 amide bonds. The lowest BCUT2D eigenvalue weighted by Gasteiger charge is -2.19. The van der Waals surface area contributed by atoms with Gasteiger partial charge in [-0.2, -0.15) is 4.98 Å². The summed E-state index contributed by atoms with van der Waals surface area (Å²) in [5, 5.41) is 0.840. The van der Waals surface area contributed by atoms with Gasteiger partial charge >= 0.3 is 11.9 Å². The van der Waals surface area contributed by atoms with Gasteiger partial charge in [-0.15, -0.1) is 0 Å². The first-order valence-corrected chi connectivity index (χ1v) is 12.1. The maximum Gasteiger partial charge on any atom is 0.338 e. The molecule has 9 nitrogen and oxygen atoms in total. The highest BCUT2D eigenvalue weighted by molar-refractivity contribution is 6.34. The van der Waals surface area contributed by atoms with E-state index in [1.54, 1.807) is 41.1 Å². The smallest absolute Gasteiger partial charge is 0.338 e. The molecule has 2 aromatic heterocycles. The van der Waals surface area contributed by atoms with Gasteiger partial charge in [-0.3, -0.25) is 0 Å². The average Bonchev–Trinajstić information content (AvgIpc) is 3.47. The van der Waals surface area contributed by atoms with Crippen LogP contribution in [0.2, 0.25) is 5.15 Å². The van der Waals surface area contributed by atoms with Crippen LogP contribution in [0.5, 0.6) is 0 Å². The molecule has 190 valence electrons. The molecule has 2 aromatic carbocycles. The van der Waals surface area contributed by atoms with Gasteiger partial charge in [0.2, 0.25) is 5.95 Å². The first-order valence-electron chi connectivity index (χ1n) is 11.7. The Hall–Kier alpha value is -3.95. The highest BCUT2D eigenvalue weighted by Gasteiger charge is 2.40. The molecule has 0 spiro atoms. The number of esters is 2. The van der Waals surface area contributed by atoms with Crippen molar-refractivity contribution in [1.82, 2.24) is 14.5 Å². The van der Waals surface area contributed by atoms with E-state index in [2.05, 4.69) is 9.97 Å². The molecule has 37 heavy (non-hydrogen) atoms. The van der Waals surface area contributed by atoms with Gasteiger partial charge < -0.3 is 24.5 Å². The molecule has 1 fully saturated rings. The largest absolute Gasteiger partial charge is 0.459 e. The molecule has 10 heteroatoms. The van der Waals surface area contributed by atoms with Crippen molar-refractivity contribution in [2.75, 3.05) is 12.3 Å². The van der Waals surface area contributed by atoms with Gasteiger partial charge in [0.1, 0.15) is 35.8 Å². The highest BCUT2D eigenvalue weighted by Crippen LogP contribution is 2.35. The Bertz CT molecular complexity index is 1450. The Balaban J connectivity index is 1.37. The minimum atomic E-state index is -0.707. The second-order valence-electron chi connectivity index (χ2n) is 8.97. The van der Waals surface area contributed by atoms with Crippen LogP contribution in [0.4, 0.5) is 5.95 Å². The van der Waals surface area contributed by atoms with E-state index in [0.717, 1.165) is 11.1 Å². The standard InChI is InChI=1S/C27H25ClN4O5/c1-15-3-7-17(8-4-15)25(33)35-14-21-20(37-26(34)18-9-5-16(2)6-10-18)13-22(36-21)32-12-11-19-23(28)30-27(29)31-24(19)32/h3-12,20-22H,13-14H2,1-2H3,(H2,29,30,31)/t20-,21+,22+/m0/s1. The fraction of sp³-hybridized carbons (Fsp3) is 0.259. The number of carbonyl (C=O) groups excluding carboxylic acids is 2. The number of aromatic nitrogens is 3. The Morgan fingerprint density at radius 3 is 2.27 bits per heavy atom. The van der Waals surface area contributed by atoms with E-state index in [-0.39, 0.29) is 17.7 Å². The number of ether oxygens (including phenoxy) is 3. The van der Waals surface area contributed by atoms with E-state index in [9.17, 15) is 9.59 Å². The van der Waals surface area contributed by atoms with Crippen LogP contribution in [-0.2, 0) is 14.2 Å². The zero-order valence-electron chi connectivity index (χ0n) is 20.3. The van der Waals surface area contributed by atoms with Crippen molar-refractivity contribution >= 4 is 40.5 Å². The monoisotopic (exact) mass is 520 g/mol. The van der Waals surface area contributed by atoms with E-state index in [1.807, 2.05) is 38.1 Å². The number of nitrogens with zero attached hydrogens (tertiary/aromatic N) is 3. The van der Waals surface area contributed by atoms with E-state index in [0.29, 0.717) is 28.6 Å². The number of nitrogens with two attached hydrogens (primary N) is 1. The third-order valence-electron chi connectivity index (χ3n) is 6.25. The third-order valence-corrected chi connectivity index (χ3v) is 6.53. The number of rotatable bonds is 6. The van der Waals surface area contributed by atoms with E-state index in [4.69, 9.17) is 31.5 Å². The lowest BCUT2D eigenvalue weighted by atomic mass is 10.1.